The number of benzene rings is 1. The maximum atomic E-state index is 12.0. The largest absolute Gasteiger partial charge is 0.394 e. The third kappa shape index (κ3) is 3.28. The number of nitrogens with two attached hydrogens (primary N) is 1. The molecule has 6 nitrogen and oxygen atoms in total. The van der Waals surface area contributed by atoms with Crippen LogP contribution in [0.4, 0.5) is 5.82 Å². The molecule has 3 aromatic rings. The molecule has 0 unspecified atom stereocenters. The summed E-state index contributed by atoms with van der Waals surface area (Å²) < 4.78 is 1.34. The van der Waals surface area contributed by atoms with Crippen LogP contribution in [0.15, 0.2) is 41.0 Å². The maximum absolute atomic E-state index is 12.0. The van der Waals surface area contributed by atoms with Crippen molar-refractivity contribution in [3.05, 3.63) is 46.1 Å². The topological polar surface area (TPSA) is 85.3 Å². The van der Waals surface area contributed by atoms with E-state index in [2.05, 4.69) is 15.3 Å². The fourth-order valence-electron chi connectivity index (χ4n) is 2.37. The van der Waals surface area contributed by atoms with E-state index < -0.39 is 5.91 Å². The van der Waals surface area contributed by atoms with Crippen LogP contribution in [0.3, 0.4) is 0 Å². The molecule has 9 heteroatoms. The fraction of sp³-hybridized carbons (Fsp3) is 0.0625. The van der Waals surface area contributed by atoms with E-state index in [0.29, 0.717) is 27.0 Å². The number of carbonyl (C=O) groups excluding carboxylic acids is 1. The van der Waals surface area contributed by atoms with Crippen LogP contribution in [0.1, 0.15) is 0 Å². The number of amides is 1. The van der Waals surface area contributed by atoms with Crippen molar-refractivity contribution in [2.45, 2.75) is 0 Å². The van der Waals surface area contributed by atoms with Gasteiger partial charge in [0.1, 0.15) is 5.82 Å². The molecule has 0 saturated carbocycles. The summed E-state index contributed by atoms with van der Waals surface area (Å²) in [4.78, 5) is 20.1. The highest BCUT2D eigenvalue weighted by molar-refractivity contribution is 6.41. The molecule has 0 aliphatic heterocycles. The van der Waals surface area contributed by atoms with Crippen LogP contribution in [0, 0.1) is 0 Å². The van der Waals surface area contributed by atoms with Crippen LogP contribution in [0.5, 0.6) is 0 Å². The summed E-state index contributed by atoms with van der Waals surface area (Å²) >= 11 is 18.6. The number of hydrogen-bond acceptors (Lipinski definition) is 4. The third-order valence-corrected chi connectivity index (χ3v) is 4.32. The average molecular weight is 397 g/mol. The maximum Gasteiger partial charge on any atom is 0.272 e. The number of anilines is 1. The van der Waals surface area contributed by atoms with Gasteiger partial charge in [0.15, 0.2) is 5.65 Å². The van der Waals surface area contributed by atoms with Crippen molar-refractivity contribution in [2.24, 2.45) is 10.7 Å². The van der Waals surface area contributed by atoms with Crippen molar-refractivity contribution in [2.75, 3.05) is 12.4 Å². The number of allylic oxidation sites excluding steroid dienone is 1. The van der Waals surface area contributed by atoms with E-state index in [-0.39, 0.29) is 5.70 Å². The smallest absolute Gasteiger partial charge is 0.272 e. The van der Waals surface area contributed by atoms with Crippen molar-refractivity contribution in [3.63, 3.8) is 0 Å². The number of aliphatic imine (C=N–C) groups is 1. The number of nitrogens with zero attached hydrogens (tertiary/aromatic N) is 3. The van der Waals surface area contributed by atoms with Crippen LogP contribution >= 0.6 is 35.0 Å². The molecular weight excluding hydrogens is 385 g/mol. The van der Waals surface area contributed by atoms with Gasteiger partial charge >= 0.3 is 0 Å². The number of aromatic nitrogens is 2. The summed E-state index contributed by atoms with van der Waals surface area (Å²) in [6, 6.07) is 6.78. The van der Waals surface area contributed by atoms with Gasteiger partial charge in [0, 0.05) is 40.8 Å². The second-order valence-electron chi connectivity index (χ2n) is 5.12. The monoisotopic (exact) mass is 395 g/mol. The molecule has 2 heterocycles. The van der Waals surface area contributed by atoms with E-state index in [9.17, 15) is 4.79 Å². The molecule has 2 aromatic heterocycles. The van der Waals surface area contributed by atoms with Crippen LogP contribution < -0.4 is 11.1 Å². The van der Waals surface area contributed by atoms with E-state index in [1.54, 1.807) is 31.3 Å². The SMILES string of the molecule is CN=CC=C(N)C(=O)Nc1ccc2c3cc(Cl)cc(Cl)c3n(Cl)c2n1. The van der Waals surface area contributed by atoms with Gasteiger partial charge in [-0.25, -0.2) is 9.07 Å². The standard InChI is InChI=1S/C16H12Cl3N5O/c1-21-5-4-12(20)16(25)23-13-3-2-9-10-6-8(17)7-11(18)14(10)24(19)15(9)22-13/h2-7H,20H2,1H3,(H,22,23,25). The molecule has 0 bridgehead atoms. The summed E-state index contributed by atoms with van der Waals surface area (Å²) in [5, 5.41) is 5.04. The number of hydrogen-bond donors (Lipinski definition) is 2. The summed E-state index contributed by atoms with van der Waals surface area (Å²) in [5.41, 5.74) is 6.70. The number of halogens is 3. The van der Waals surface area contributed by atoms with Gasteiger partial charge in [-0.1, -0.05) is 23.2 Å². The molecular formula is C16H12Cl3N5O. The second-order valence-corrected chi connectivity index (χ2v) is 6.30. The van der Waals surface area contributed by atoms with Crippen molar-refractivity contribution in [1.82, 2.24) is 9.07 Å². The summed E-state index contributed by atoms with van der Waals surface area (Å²) in [7, 11) is 1.58. The molecule has 0 fully saturated rings. The average Bonchev–Trinajstić information content (AvgIpc) is 2.85. The van der Waals surface area contributed by atoms with Crippen molar-refractivity contribution in [3.8, 4) is 0 Å². The number of carbonyl (C=O) groups is 1. The number of rotatable bonds is 3. The zero-order valence-electron chi connectivity index (χ0n) is 12.9. The lowest BCUT2D eigenvalue weighted by atomic mass is 10.2. The van der Waals surface area contributed by atoms with Crippen molar-refractivity contribution >= 4 is 74.9 Å². The third-order valence-electron chi connectivity index (χ3n) is 3.48. The van der Waals surface area contributed by atoms with Crippen molar-refractivity contribution in [1.29, 1.82) is 0 Å². The Balaban J connectivity index is 2.06. The van der Waals surface area contributed by atoms with E-state index in [1.807, 2.05) is 0 Å². The minimum Gasteiger partial charge on any atom is -0.394 e. The molecule has 1 amide bonds. The molecule has 3 rings (SSSR count). The van der Waals surface area contributed by atoms with E-state index >= 15 is 0 Å². The van der Waals surface area contributed by atoms with Gasteiger partial charge in [-0.2, -0.15) is 0 Å². The predicted octanol–water partition coefficient (Wildman–Crippen LogP) is 3.98. The molecule has 25 heavy (non-hydrogen) atoms. The van der Waals surface area contributed by atoms with E-state index in [1.165, 1.54) is 16.4 Å². The fourth-order valence-corrected chi connectivity index (χ4v) is 3.31. The zero-order chi connectivity index (χ0) is 18.1. The van der Waals surface area contributed by atoms with E-state index in [0.717, 1.165) is 10.8 Å². The normalized spacial score (nSPS) is 12.4. The molecule has 0 saturated heterocycles. The van der Waals surface area contributed by atoms with Gasteiger partial charge in [-0.15, -0.1) is 0 Å². The molecule has 0 spiro atoms. The molecule has 0 aliphatic carbocycles. The van der Waals surface area contributed by atoms with Gasteiger partial charge < -0.3 is 11.1 Å². The Morgan fingerprint density at radius 3 is 2.80 bits per heavy atom. The molecule has 3 N–H and O–H groups in total. The molecule has 0 atom stereocenters. The van der Waals surface area contributed by atoms with Gasteiger partial charge in [-0.05, 0) is 30.3 Å². The molecule has 1 aromatic carbocycles. The van der Waals surface area contributed by atoms with Gasteiger partial charge in [0.25, 0.3) is 5.91 Å². The molecule has 128 valence electrons. The summed E-state index contributed by atoms with van der Waals surface area (Å²) in [6.07, 6.45) is 2.82. The highest BCUT2D eigenvalue weighted by Crippen LogP contribution is 2.36. The minimum absolute atomic E-state index is 0.00809. The minimum atomic E-state index is -0.495. The summed E-state index contributed by atoms with van der Waals surface area (Å²) in [6.45, 7) is 0. The second kappa shape index (κ2) is 6.92. The van der Waals surface area contributed by atoms with Crippen LogP contribution in [-0.4, -0.2) is 28.2 Å². The van der Waals surface area contributed by atoms with Crippen LogP contribution in [-0.2, 0) is 4.79 Å². The predicted molar refractivity (Wildman–Crippen MR) is 104 cm³/mol. The van der Waals surface area contributed by atoms with Gasteiger partial charge in [0.2, 0.25) is 0 Å². The van der Waals surface area contributed by atoms with Crippen LogP contribution in [0.25, 0.3) is 21.9 Å². The number of fused-ring (bicyclic) bond motifs is 3. The number of nitrogens with one attached hydrogen (secondary N) is 1. The first-order chi connectivity index (χ1) is 11.9. The molecule has 0 radical (unpaired) electrons. The number of pyridine rings is 1. The first-order valence-electron chi connectivity index (χ1n) is 7.08. The lowest BCUT2D eigenvalue weighted by molar-refractivity contribution is -0.112. The summed E-state index contributed by atoms with van der Waals surface area (Å²) in [5.74, 6) is -0.195. The van der Waals surface area contributed by atoms with E-state index in [4.69, 9.17) is 40.7 Å². The Hall–Kier alpha value is -2.28. The molecule has 0 aliphatic rings. The Bertz CT molecular complexity index is 1060. The Kier molecular flexibility index (Phi) is 4.85. The zero-order valence-corrected chi connectivity index (χ0v) is 15.2. The Morgan fingerprint density at radius 1 is 1.32 bits per heavy atom. The van der Waals surface area contributed by atoms with Gasteiger partial charge in [-0.3, -0.25) is 9.79 Å². The first-order valence-corrected chi connectivity index (χ1v) is 8.17. The Morgan fingerprint density at radius 2 is 2.08 bits per heavy atom. The highest BCUT2D eigenvalue weighted by Gasteiger charge is 2.16. The highest BCUT2D eigenvalue weighted by atomic mass is 35.5. The quantitative estimate of drug-likeness (QED) is 0.518. The lowest BCUT2D eigenvalue weighted by Gasteiger charge is -2.04. The van der Waals surface area contributed by atoms with Crippen LogP contribution in [0.2, 0.25) is 10.0 Å². The Labute approximate surface area is 158 Å². The van der Waals surface area contributed by atoms with Gasteiger partial charge in [0.05, 0.1) is 16.2 Å². The van der Waals surface area contributed by atoms with Crippen molar-refractivity contribution < 1.29 is 4.79 Å². The first kappa shape index (κ1) is 17.5. The lowest BCUT2D eigenvalue weighted by Crippen LogP contribution is -2.20.